The highest BCUT2D eigenvalue weighted by molar-refractivity contribution is 6.08. The van der Waals surface area contributed by atoms with Gasteiger partial charge in [-0.15, -0.1) is 0 Å². The first kappa shape index (κ1) is 23.5. The quantitative estimate of drug-likeness (QED) is 0.496. The van der Waals surface area contributed by atoms with Crippen molar-refractivity contribution >= 4 is 17.3 Å². The minimum absolute atomic E-state index is 0.0354. The Bertz CT molecular complexity index is 1230. The number of ketones is 2. The van der Waals surface area contributed by atoms with Crippen molar-refractivity contribution < 1.29 is 18.7 Å². The fraction of sp³-hybridized carbons (Fsp3) is 0.400. The first-order chi connectivity index (χ1) is 16.5. The number of benzene rings is 2. The van der Waals surface area contributed by atoms with E-state index in [2.05, 4.69) is 32.6 Å². The second-order valence-corrected chi connectivity index (χ2v) is 11.6. The maximum atomic E-state index is 14.4. The number of hydrogen-bond acceptors (Lipinski definition) is 4. The van der Waals surface area contributed by atoms with Gasteiger partial charge in [-0.05, 0) is 65.6 Å². The maximum absolute atomic E-state index is 14.4. The van der Waals surface area contributed by atoms with Crippen molar-refractivity contribution in [1.29, 1.82) is 0 Å². The number of halogens is 1. The Morgan fingerprint density at radius 2 is 1.37 bits per heavy atom. The van der Waals surface area contributed by atoms with Crippen LogP contribution >= 0.6 is 0 Å². The predicted molar refractivity (Wildman–Crippen MR) is 135 cm³/mol. The summed E-state index contributed by atoms with van der Waals surface area (Å²) in [5.41, 5.74) is 4.25. The zero-order valence-electron chi connectivity index (χ0n) is 21.1. The lowest BCUT2D eigenvalue weighted by Gasteiger charge is -2.49. The summed E-state index contributed by atoms with van der Waals surface area (Å²) in [5.74, 6) is -0.0951. The summed E-state index contributed by atoms with van der Waals surface area (Å²) in [7, 11) is 1.63. The topological polar surface area (TPSA) is 46.6 Å². The van der Waals surface area contributed by atoms with Gasteiger partial charge in [0, 0.05) is 47.0 Å². The van der Waals surface area contributed by atoms with Gasteiger partial charge in [-0.2, -0.15) is 0 Å². The van der Waals surface area contributed by atoms with Gasteiger partial charge in [-0.3, -0.25) is 9.59 Å². The van der Waals surface area contributed by atoms with Gasteiger partial charge < -0.3 is 9.64 Å². The molecular formula is C30H32FNO3. The number of carbonyl (C=O) groups excluding carboxylic acids is 2. The summed E-state index contributed by atoms with van der Waals surface area (Å²) in [4.78, 5) is 29.7. The number of anilines is 1. The highest BCUT2D eigenvalue weighted by Gasteiger charge is 2.49. The van der Waals surface area contributed by atoms with Gasteiger partial charge in [0.1, 0.15) is 11.6 Å². The third kappa shape index (κ3) is 4.11. The molecule has 1 heterocycles. The Labute approximate surface area is 206 Å². The van der Waals surface area contributed by atoms with Crippen LogP contribution in [0.5, 0.6) is 5.75 Å². The number of hydrogen-bond donors (Lipinski definition) is 0. The molecule has 0 N–H and O–H groups in total. The largest absolute Gasteiger partial charge is 0.497 e. The van der Waals surface area contributed by atoms with E-state index in [-0.39, 0.29) is 28.2 Å². The molecule has 0 saturated heterocycles. The molecule has 5 rings (SSSR count). The fourth-order valence-electron chi connectivity index (χ4n) is 6.03. The summed E-state index contributed by atoms with van der Waals surface area (Å²) in [5, 5.41) is 0. The molecule has 0 amide bonds. The normalized spacial score (nSPS) is 21.7. The summed E-state index contributed by atoms with van der Waals surface area (Å²) >= 11 is 0. The van der Waals surface area contributed by atoms with E-state index in [4.69, 9.17) is 4.74 Å². The van der Waals surface area contributed by atoms with Crippen LogP contribution in [0.2, 0.25) is 0 Å². The summed E-state index contributed by atoms with van der Waals surface area (Å²) in [6, 6.07) is 14.1. The summed E-state index contributed by atoms with van der Waals surface area (Å²) < 4.78 is 19.8. The van der Waals surface area contributed by atoms with Gasteiger partial charge in [0.25, 0.3) is 0 Å². The van der Waals surface area contributed by atoms with Crippen molar-refractivity contribution in [3.05, 3.63) is 82.5 Å². The number of Topliss-reactive ketones (excluding diaryl/α,β-unsaturated/α-hetero) is 2. The monoisotopic (exact) mass is 473 g/mol. The third-order valence-electron chi connectivity index (χ3n) is 7.42. The molecule has 0 bridgehead atoms. The SMILES string of the molecule is COc1ccc(N2C3=C(C(=O)CC(C)(C)C3)C(c3cccc(F)c3)C3=C2CC(C)(C)CC3=O)cc1. The maximum Gasteiger partial charge on any atom is 0.162 e. The minimum Gasteiger partial charge on any atom is -0.497 e. The lowest BCUT2D eigenvalue weighted by molar-refractivity contribution is -0.119. The predicted octanol–water partition coefficient (Wildman–Crippen LogP) is 6.72. The molecular weight excluding hydrogens is 441 g/mol. The van der Waals surface area contributed by atoms with Crippen LogP contribution in [0.3, 0.4) is 0 Å². The summed E-state index contributed by atoms with van der Waals surface area (Å²) in [6.07, 6.45) is 2.18. The molecule has 2 aromatic carbocycles. The van der Waals surface area contributed by atoms with Crippen LogP contribution in [0, 0.1) is 16.6 Å². The second-order valence-electron chi connectivity index (χ2n) is 11.6. The van der Waals surface area contributed by atoms with Gasteiger partial charge in [-0.25, -0.2) is 4.39 Å². The van der Waals surface area contributed by atoms with Crippen LogP contribution < -0.4 is 9.64 Å². The van der Waals surface area contributed by atoms with Gasteiger partial charge in [0.05, 0.1) is 7.11 Å². The first-order valence-corrected chi connectivity index (χ1v) is 12.2. The van der Waals surface area contributed by atoms with Gasteiger partial charge in [0.15, 0.2) is 11.6 Å². The summed E-state index contributed by atoms with van der Waals surface area (Å²) in [6.45, 7) is 8.44. The first-order valence-electron chi connectivity index (χ1n) is 12.2. The van der Waals surface area contributed by atoms with Crippen molar-refractivity contribution in [3.63, 3.8) is 0 Å². The number of carbonyl (C=O) groups is 2. The molecule has 0 fully saturated rings. The second kappa shape index (κ2) is 8.18. The molecule has 0 spiro atoms. The highest BCUT2D eigenvalue weighted by atomic mass is 19.1. The van der Waals surface area contributed by atoms with Gasteiger partial charge in [-0.1, -0.05) is 39.8 Å². The molecule has 35 heavy (non-hydrogen) atoms. The molecule has 4 nitrogen and oxygen atoms in total. The van der Waals surface area contributed by atoms with Crippen molar-refractivity contribution in [2.75, 3.05) is 12.0 Å². The van der Waals surface area contributed by atoms with Crippen LogP contribution in [-0.2, 0) is 9.59 Å². The van der Waals surface area contributed by atoms with E-state index in [0.29, 0.717) is 42.4 Å². The molecule has 182 valence electrons. The molecule has 3 aliphatic rings. The van der Waals surface area contributed by atoms with E-state index in [9.17, 15) is 14.0 Å². The van der Waals surface area contributed by atoms with Gasteiger partial charge in [0.2, 0.25) is 0 Å². The third-order valence-corrected chi connectivity index (χ3v) is 7.42. The number of nitrogens with zero attached hydrogens (tertiary/aromatic N) is 1. The van der Waals surface area contributed by atoms with Crippen LogP contribution in [0.4, 0.5) is 10.1 Å². The van der Waals surface area contributed by atoms with Crippen molar-refractivity contribution in [1.82, 2.24) is 0 Å². The molecule has 0 unspecified atom stereocenters. The zero-order chi connectivity index (χ0) is 25.1. The van der Waals surface area contributed by atoms with E-state index < -0.39 is 5.92 Å². The van der Waals surface area contributed by atoms with Crippen LogP contribution in [0.1, 0.15) is 64.9 Å². The van der Waals surface area contributed by atoms with E-state index in [0.717, 1.165) is 22.8 Å². The standard InChI is InChI=1S/C30H32FNO3/c1-29(2)14-22-27(24(33)16-29)26(18-7-6-8-19(31)13-18)28-23(15-30(3,4)17-25(28)34)32(22)20-9-11-21(35-5)12-10-20/h6-13,26H,14-17H2,1-5H3. The average Bonchev–Trinajstić information content (AvgIpc) is 2.76. The van der Waals surface area contributed by atoms with Crippen molar-refractivity contribution in [2.45, 2.75) is 59.3 Å². The van der Waals surface area contributed by atoms with Crippen molar-refractivity contribution in [2.24, 2.45) is 10.8 Å². The Morgan fingerprint density at radius 3 is 1.86 bits per heavy atom. The van der Waals surface area contributed by atoms with Crippen LogP contribution in [-0.4, -0.2) is 18.7 Å². The van der Waals surface area contributed by atoms with Crippen LogP contribution in [0.25, 0.3) is 0 Å². The smallest absolute Gasteiger partial charge is 0.162 e. The molecule has 2 aliphatic carbocycles. The number of rotatable bonds is 3. The zero-order valence-corrected chi connectivity index (χ0v) is 21.1. The molecule has 5 heteroatoms. The van der Waals surface area contributed by atoms with Crippen molar-refractivity contribution in [3.8, 4) is 5.75 Å². The minimum atomic E-state index is -0.544. The lowest BCUT2D eigenvalue weighted by Crippen LogP contribution is -2.44. The Kier molecular flexibility index (Phi) is 5.50. The number of methoxy groups -OCH3 is 1. The molecule has 2 aromatic rings. The van der Waals surface area contributed by atoms with Gasteiger partial charge >= 0.3 is 0 Å². The van der Waals surface area contributed by atoms with E-state index in [1.54, 1.807) is 13.2 Å². The number of allylic oxidation sites excluding steroid dienone is 4. The molecule has 0 aromatic heterocycles. The lowest BCUT2D eigenvalue weighted by atomic mass is 9.63. The molecule has 1 aliphatic heterocycles. The van der Waals surface area contributed by atoms with Crippen LogP contribution in [0.15, 0.2) is 71.1 Å². The van der Waals surface area contributed by atoms with E-state index in [1.807, 2.05) is 30.3 Å². The molecule has 0 atom stereocenters. The number of ether oxygens (including phenoxy) is 1. The highest BCUT2D eigenvalue weighted by Crippen LogP contribution is 2.55. The van der Waals surface area contributed by atoms with E-state index >= 15 is 0 Å². The molecule has 0 radical (unpaired) electrons. The Morgan fingerprint density at radius 1 is 0.829 bits per heavy atom. The average molecular weight is 474 g/mol. The van der Waals surface area contributed by atoms with E-state index in [1.165, 1.54) is 12.1 Å². The Balaban J connectivity index is 1.82. The Hall–Kier alpha value is -3.21. The fourth-order valence-corrected chi connectivity index (χ4v) is 6.03. The molecule has 0 saturated carbocycles.